The Bertz CT molecular complexity index is 699. The molecule has 1 fully saturated rings. The molecule has 2 heterocycles. The van der Waals surface area contributed by atoms with Crippen LogP contribution in [0.4, 0.5) is 0 Å². The third-order valence-corrected chi connectivity index (χ3v) is 5.01. The molecule has 2 aromatic heterocycles. The number of carbonyl (C=O) groups excluding carboxylic acids is 1. The Kier molecular flexibility index (Phi) is 5.47. The first-order valence-electron chi connectivity index (χ1n) is 8.93. The second kappa shape index (κ2) is 7.77. The molecule has 0 spiro atoms. The fraction of sp³-hybridized carbons (Fsp3) is 0.647. The molecule has 136 valence electrons. The van der Waals surface area contributed by atoms with Gasteiger partial charge in [0.25, 0.3) is 5.91 Å². The van der Waals surface area contributed by atoms with E-state index in [2.05, 4.69) is 15.3 Å². The lowest BCUT2D eigenvalue weighted by Gasteiger charge is -2.25. The summed E-state index contributed by atoms with van der Waals surface area (Å²) in [5.41, 5.74) is 6.36. The summed E-state index contributed by atoms with van der Waals surface area (Å²) in [5.74, 6) is 0.945. The highest BCUT2D eigenvalue weighted by Crippen LogP contribution is 2.26. The van der Waals surface area contributed by atoms with Gasteiger partial charge in [0.15, 0.2) is 5.69 Å². The normalized spacial score (nSPS) is 20.6. The van der Waals surface area contributed by atoms with Crippen molar-refractivity contribution in [3.05, 3.63) is 30.1 Å². The van der Waals surface area contributed by atoms with Gasteiger partial charge >= 0.3 is 0 Å². The molecule has 0 unspecified atom stereocenters. The minimum absolute atomic E-state index is 0.0846. The third kappa shape index (κ3) is 4.25. The van der Waals surface area contributed by atoms with E-state index in [0.29, 0.717) is 24.3 Å². The van der Waals surface area contributed by atoms with Gasteiger partial charge in [0.1, 0.15) is 5.82 Å². The zero-order valence-electron chi connectivity index (χ0n) is 15.0. The molecule has 0 radical (unpaired) electrons. The summed E-state index contributed by atoms with van der Waals surface area (Å²) in [7, 11) is 3.78. The molecule has 0 bridgehead atoms. The van der Waals surface area contributed by atoms with Gasteiger partial charge in [0.05, 0.1) is 12.2 Å². The topological polar surface area (TPSA) is 94.9 Å². The average molecular weight is 345 g/mol. The van der Waals surface area contributed by atoms with Crippen LogP contribution in [0, 0.1) is 0 Å². The highest BCUT2D eigenvalue weighted by atomic mass is 16.2. The molecule has 0 saturated heterocycles. The zero-order valence-corrected chi connectivity index (χ0v) is 15.0. The maximum Gasteiger partial charge on any atom is 0.275 e. The average Bonchev–Trinajstić information content (AvgIpc) is 3.24. The number of aryl methyl sites for hydroxylation is 2. The van der Waals surface area contributed by atoms with E-state index in [9.17, 15) is 4.79 Å². The van der Waals surface area contributed by atoms with E-state index in [1.807, 2.05) is 22.5 Å². The molecule has 2 aromatic rings. The first kappa shape index (κ1) is 17.6. The van der Waals surface area contributed by atoms with Crippen molar-refractivity contribution in [1.29, 1.82) is 0 Å². The van der Waals surface area contributed by atoms with Crippen molar-refractivity contribution < 1.29 is 4.79 Å². The summed E-state index contributed by atoms with van der Waals surface area (Å²) in [5, 5.41) is 8.24. The van der Waals surface area contributed by atoms with Crippen molar-refractivity contribution in [2.75, 3.05) is 13.6 Å². The first-order valence-corrected chi connectivity index (χ1v) is 8.93. The van der Waals surface area contributed by atoms with Crippen LogP contribution in [0.15, 0.2) is 18.6 Å². The Hall–Kier alpha value is -2.22. The van der Waals surface area contributed by atoms with Gasteiger partial charge in [0, 0.05) is 45.5 Å². The van der Waals surface area contributed by atoms with E-state index in [4.69, 9.17) is 5.73 Å². The molecule has 25 heavy (non-hydrogen) atoms. The highest BCUT2D eigenvalue weighted by molar-refractivity contribution is 5.91. The zero-order chi connectivity index (χ0) is 17.8. The lowest BCUT2D eigenvalue weighted by Crippen LogP contribution is -2.29. The fourth-order valence-corrected chi connectivity index (χ4v) is 3.33. The quantitative estimate of drug-likeness (QED) is 0.848. The maximum absolute atomic E-state index is 12.5. The highest BCUT2D eigenvalue weighted by Gasteiger charge is 2.23. The van der Waals surface area contributed by atoms with Crippen LogP contribution in [0.1, 0.15) is 54.5 Å². The summed E-state index contributed by atoms with van der Waals surface area (Å²) < 4.78 is 3.84. The van der Waals surface area contributed by atoms with Crippen molar-refractivity contribution in [1.82, 2.24) is 29.4 Å². The van der Waals surface area contributed by atoms with Gasteiger partial charge in [-0.05, 0) is 32.1 Å². The van der Waals surface area contributed by atoms with Crippen LogP contribution in [0.2, 0.25) is 0 Å². The Labute approximate surface area is 148 Å². The molecule has 1 aliphatic rings. The second-order valence-corrected chi connectivity index (χ2v) is 6.94. The maximum atomic E-state index is 12.5. The van der Waals surface area contributed by atoms with Gasteiger partial charge in [-0.15, -0.1) is 5.10 Å². The molecule has 0 aromatic carbocycles. The lowest BCUT2D eigenvalue weighted by atomic mass is 9.92. The number of hydrogen-bond donors (Lipinski definition) is 1. The second-order valence-electron chi connectivity index (χ2n) is 6.94. The Morgan fingerprint density at radius 1 is 1.36 bits per heavy atom. The van der Waals surface area contributed by atoms with Crippen molar-refractivity contribution in [3.63, 3.8) is 0 Å². The molecule has 1 saturated carbocycles. The van der Waals surface area contributed by atoms with Gasteiger partial charge < -0.3 is 15.2 Å². The van der Waals surface area contributed by atoms with E-state index in [1.165, 1.54) is 0 Å². The van der Waals surface area contributed by atoms with E-state index in [1.54, 1.807) is 24.3 Å². The number of imidazole rings is 1. The smallest absolute Gasteiger partial charge is 0.275 e. The van der Waals surface area contributed by atoms with Crippen molar-refractivity contribution in [2.45, 2.75) is 50.6 Å². The Morgan fingerprint density at radius 2 is 2.12 bits per heavy atom. The summed E-state index contributed by atoms with van der Waals surface area (Å²) in [6.45, 7) is 0.664. The molecular weight excluding hydrogens is 318 g/mol. The fourth-order valence-electron chi connectivity index (χ4n) is 3.33. The number of carbonyl (C=O) groups is 1. The number of amides is 1. The van der Waals surface area contributed by atoms with Crippen LogP contribution in [-0.4, -0.2) is 55.0 Å². The van der Waals surface area contributed by atoms with E-state index in [0.717, 1.165) is 44.3 Å². The van der Waals surface area contributed by atoms with Crippen molar-refractivity contribution >= 4 is 5.91 Å². The van der Waals surface area contributed by atoms with Gasteiger partial charge in [0.2, 0.25) is 0 Å². The molecule has 1 amide bonds. The van der Waals surface area contributed by atoms with Crippen LogP contribution >= 0.6 is 0 Å². The SMILES string of the molecule is CN(CCCc1nccn1C)C(=O)c1cn(C2CCC(N)CC2)nn1. The molecule has 1 aliphatic carbocycles. The van der Waals surface area contributed by atoms with E-state index >= 15 is 0 Å². The Balaban J connectivity index is 1.51. The predicted octanol–water partition coefficient (Wildman–Crippen LogP) is 1.16. The number of rotatable bonds is 6. The number of hydrogen-bond acceptors (Lipinski definition) is 5. The van der Waals surface area contributed by atoms with Crippen molar-refractivity contribution in [3.8, 4) is 0 Å². The van der Waals surface area contributed by atoms with Crippen LogP contribution in [0.3, 0.4) is 0 Å². The first-order chi connectivity index (χ1) is 12.0. The van der Waals surface area contributed by atoms with Crippen molar-refractivity contribution in [2.24, 2.45) is 12.8 Å². The summed E-state index contributed by atoms with van der Waals surface area (Å²) in [4.78, 5) is 18.5. The van der Waals surface area contributed by atoms with Gasteiger partial charge in [-0.1, -0.05) is 5.21 Å². The van der Waals surface area contributed by atoms with Crippen LogP contribution in [-0.2, 0) is 13.5 Å². The summed E-state index contributed by atoms with van der Waals surface area (Å²) in [6, 6.07) is 0.605. The standard InChI is InChI=1S/C17H27N7O/c1-22-11-9-19-16(22)4-3-10-23(2)17(25)15-12-24(21-20-15)14-7-5-13(18)6-8-14/h9,11-14H,3-8,10,18H2,1-2H3. The molecule has 0 atom stereocenters. The summed E-state index contributed by atoms with van der Waals surface area (Å²) >= 11 is 0. The van der Waals surface area contributed by atoms with Gasteiger partial charge in [-0.3, -0.25) is 4.79 Å². The minimum Gasteiger partial charge on any atom is -0.340 e. The number of nitrogens with zero attached hydrogens (tertiary/aromatic N) is 6. The molecular formula is C17H27N7O. The van der Waals surface area contributed by atoms with E-state index < -0.39 is 0 Å². The van der Waals surface area contributed by atoms with Crippen LogP contribution in [0.5, 0.6) is 0 Å². The lowest BCUT2D eigenvalue weighted by molar-refractivity contribution is 0.0787. The minimum atomic E-state index is -0.0846. The van der Waals surface area contributed by atoms with E-state index in [-0.39, 0.29) is 5.91 Å². The molecule has 8 nitrogen and oxygen atoms in total. The summed E-state index contributed by atoms with van der Waals surface area (Å²) in [6.07, 6.45) is 11.2. The Morgan fingerprint density at radius 3 is 2.80 bits per heavy atom. The van der Waals surface area contributed by atoms with Gasteiger partial charge in [-0.2, -0.15) is 0 Å². The number of nitrogens with two attached hydrogens (primary N) is 1. The van der Waals surface area contributed by atoms with Crippen LogP contribution in [0.25, 0.3) is 0 Å². The predicted molar refractivity (Wildman–Crippen MR) is 94.0 cm³/mol. The monoisotopic (exact) mass is 345 g/mol. The molecule has 2 N–H and O–H groups in total. The van der Waals surface area contributed by atoms with Gasteiger partial charge in [-0.25, -0.2) is 9.67 Å². The van der Waals surface area contributed by atoms with Crippen LogP contribution < -0.4 is 5.73 Å². The number of aromatic nitrogens is 5. The molecule has 8 heteroatoms. The largest absolute Gasteiger partial charge is 0.340 e. The molecule has 0 aliphatic heterocycles. The third-order valence-electron chi connectivity index (χ3n) is 5.01. The molecule has 3 rings (SSSR count).